The van der Waals surface area contributed by atoms with Gasteiger partial charge in [-0.25, -0.2) is 0 Å². The van der Waals surface area contributed by atoms with Crippen LogP contribution >= 0.6 is 15.9 Å². The summed E-state index contributed by atoms with van der Waals surface area (Å²) in [5, 5.41) is 7.44. The summed E-state index contributed by atoms with van der Waals surface area (Å²) in [4.78, 5) is 2.39. The molecule has 4 nitrogen and oxygen atoms in total. The molecule has 0 spiro atoms. The summed E-state index contributed by atoms with van der Waals surface area (Å²) < 4.78 is 6.55. The molecule has 0 atom stereocenters. The molecule has 20 heavy (non-hydrogen) atoms. The number of rotatable bonds is 7. The third-order valence-electron chi connectivity index (χ3n) is 3.18. The normalized spacial score (nSPS) is 11.4. The number of nitrogens with one attached hydrogen (secondary N) is 1. The van der Waals surface area contributed by atoms with Crippen molar-refractivity contribution < 1.29 is 4.74 Å². The minimum Gasteiger partial charge on any atom is -0.492 e. The maximum absolute atomic E-state index is 7.44. The van der Waals surface area contributed by atoms with Crippen molar-refractivity contribution >= 4 is 21.8 Å². The van der Waals surface area contributed by atoms with Gasteiger partial charge in [-0.3, -0.25) is 10.3 Å². The number of benzene rings is 1. The molecule has 0 radical (unpaired) electrons. The van der Waals surface area contributed by atoms with Gasteiger partial charge in [-0.1, -0.05) is 0 Å². The van der Waals surface area contributed by atoms with Crippen LogP contribution in [-0.4, -0.2) is 36.0 Å². The van der Waals surface area contributed by atoms with Crippen molar-refractivity contribution in [2.75, 3.05) is 13.2 Å². The molecule has 0 unspecified atom stereocenters. The molecule has 0 aliphatic heterocycles. The van der Waals surface area contributed by atoms with Crippen LogP contribution in [0.1, 0.15) is 33.3 Å². The molecule has 0 aliphatic rings. The highest BCUT2D eigenvalue weighted by Crippen LogP contribution is 2.22. The Kier molecular flexibility index (Phi) is 6.49. The van der Waals surface area contributed by atoms with Crippen LogP contribution in [0.4, 0.5) is 0 Å². The van der Waals surface area contributed by atoms with E-state index >= 15 is 0 Å². The molecule has 5 heteroatoms. The molecular formula is C15H24BrN3O. The van der Waals surface area contributed by atoms with Gasteiger partial charge in [0.2, 0.25) is 0 Å². The number of hydrogen-bond donors (Lipinski definition) is 2. The SMILES string of the molecule is CC(C)N(CCOc1ccc(C(=N)N)c(Br)c1)C(C)C. The molecule has 1 rings (SSSR count). The standard InChI is InChI=1S/C15H24BrN3O/c1-10(2)19(11(3)4)7-8-20-12-5-6-13(15(17)18)14(16)9-12/h5-6,9-11H,7-8H2,1-4H3,(H3,17,18). The Balaban J connectivity index is 2.58. The van der Waals surface area contributed by atoms with E-state index < -0.39 is 0 Å². The van der Waals surface area contributed by atoms with E-state index in [1.54, 1.807) is 6.07 Å². The largest absolute Gasteiger partial charge is 0.492 e. The predicted molar refractivity (Wildman–Crippen MR) is 87.6 cm³/mol. The lowest BCUT2D eigenvalue weighted by Crippen LogP contribution is -2.39. The van der Waals surface area contributed by atoms with Crippen LogP contribution in [0.2, 0.25) is 0 Å². The predicted octanol–water partition coefficient (Wildman–Crippen LogP) is 3.23. The zero-order valence-corrected chi connectivity index (χ0v) is 14.2. The second-order valence-electron chi connectivity index (χ2n) is 5.33. The van der Waals surface area contributed by atoms with Crippen LogP contribution in [0.3, 0.4) is 0 Å². The molecule has 0 saturated heterocycles. The summed E-state index contributed by atoms with van der Waals surface area (Å²) in [5.74, 6) is 0.837. The Hall–Kier alpha value is -1.07. The van der Waals surface area contributed by atoms with Gasteiger partial charge in [0, 0.05) is 28.7 Å². The van der Waals surface area contributed by atoms with Gasteiger partial charge in [-0.2, -0.15) is 0 Å². The van der Waals surface area contributed by atoms with E-state index in [0.29, 0.717) is 24.3 Å². The molecular weight excluding hydrogens is 318 g/mol. The third-order valence-corrected chi connectivity index (χ3v) is 3.83. The van der Waals surface area contributed by atoms with Gasteiger partial charge in [-0.15, -0.1) is 0 Å². The summed E-state index contributed by atoms with van der Waals surface area (Å²) in [6.45, 7) is 10.3. The van der Waals surface area contributed by atoms with Crippen LogP contribution in [0, 0.1) is 5.41 Å². The second-order valence-corrected chi connectivity index (χ2v) is 6.18. The summed E-state index contributed by atoms with van der Waals surface area (Å²) in [5.41, 5.74) is 6.16. The molecule has 0 saturated carbocycles. The Morgan fingerprint density at radius 3 is 2.35 bits per heavy atom. The fraction of sp³-hybridized carbons (Fsp3) is 0.533. The van der Waals surface area contributed by atoms with Crippen molar-refractivity contribution in [2.24, 2.45) is 5.73 Å². The highest BCUT2D eigenvalue weighted by atomic mass is 79.9. The van der Waals surface area contributed by atoms with Gasteiger partial charge >= 0.3 is 0 Å². The average Bonchev–Trinajstić information content (AvgIpc) is 2.33. The number of ether oxygens (including phenoxy) is 1. The summed E-state index contributed by atoms with van der Waals surface area (Å²) in [6, 6.07) is 6.50. The molecule has 0 aromatic heterocycles. The van der Waals surface area contributed by atoms with E-state index in [1.165, 1.54) is 0 Å². The van der Waals surface area contributed by atoms with Crippen molar-refractivity contribution in [2.45, 2.75) is 39.8 Å². The molecule has 0 fully saturated rings. The smallest absolute Gasteiger partial charge is 0.123 e. The maximum atomic E-state index is 7.44. The molecule has 1 aromatic carbocycles. The Labute approximate surface area is 129 Å². The molecule has 0 amide bonds. The monoisotopic (exact) mass is 341 g/mol. The van der Waals surface area contributed by atoms with E-state index in [4.69, 9.17) is 15.9 Å². The van der Waals surface area contributed by atoms with Gasteiger partial charge in [-0.05, 0) is 61.8 Å². The van der Waals surface area contributed by atoms with Gasteiger partial charge < -0.3 is 10.5 Å². The fourth-order valence-corrected chi connectivity index (χ4v) is 2.76. The molecule has 1 aromatic rings. The molecule has 112 valence electrons. The topological polar surface area (TPSA) is 62.3 Å². The molecule has 3 N–H and O–H groups in total. The van der Waals surface area contributed by atoms with Gasteiger partial charge in [0.1, 0.15) is 18.2 Å². The first-order valence-electron chi connectivity index (χ1n) is 6.85. The van der Waals surface area contributed by atoms with Crippen molar-refractivity contribution in [3.05, 3.63) is 28.2 Å². The fourth-order valence-electron chi connectivity index (χ4n) is 2.19. The number of halogens is 1. The first-order valence-corrected chi connectivity index (χ1v) is 7.64. The quantitative estimate of drug-likeness (QED) is 0.591. The lowest BCUT2D eigenvalue weighted by atomic mass is 10.2. The Morgan fingerprint density at radius 2 is 1.90 bits per heavy atom. The first-order chi connectivity index (χ1) is 9.32. The molecule has 0 bridgehead atoms. The summed E-state index contributed by atoms with van der Waals surface area (Å²) >= 11 is 3.40. The van der Waals surface area contributed by atoms with Gasteiger partial charge in [0.05, 0.1) is 0 Å². The van der Waals surface area contributed by atoms with Crippen LogP contribution < -0.4 is 10.5 Å². The highest BCUT2D eigenvalue weighted by Gasteiger charge is 2.13. The third kappa shape index (κ3) is 4.80. The Morgan fingerprint density at radius 1 is 1.30 bits per heavy atom. The van der Waals surface area contributed by atoms with Gasteiger partial charge in [0.15, 0.2) is 0 Å². The van der Waals surface area contributed by atoms with Crippen molar-refractivity contribution in [1.29, 1.82) is 5.41 Å². The summed E-state index contributed by atoms with van der Waals surface area (Å²) in [7, 11) is 0. The molecule has 0 heterocycles. The zero-order chi connectivity index (χ0) is 15.3. The van der Waals surface area contributed by atoms with E-state index in [1.807, 2.05) is 12.1 Å². The lowest BCUT2D eigenvalue weighted by molar-refractivity contribution is 0.142. The molecule has 0 aliphatic carbocycles. The van der Waals surface area contributed by atoms with E-state index in [-0.39, 0.29) is 5.84 Å². The second kappa shape index (κ2) is 7.64. The van der Waals surface area contributed by atoms with Crippen LogP contribution in [0.25, 0.3) is 0 Å². The van der Waals surface area contributed by atoms with Crippen molar-refractivity contribution in [3.63, 3.8) is 0 Å². The number of amidine groups is 1. The highest BCUT2D eigenvalue weighted by molar-refractivity contribution is 9.10. The Bertz CT molecular complexity index is 452. The van der Waals surface area contributed by atoms with Crippen LogP contribution in [0.15, 0.2) is 22.7 Å². The number of nitrogen functional groups attached to an aromatic ring is 1. The van der Waals surface area contributed by atoms with Crippen molar-refractivity contribution in [3.8, 4) is 5.75 Å². The number of hydrogen-bond acceptors (Lipinski definition) is 3. The van der Waals surface area contributed by atoms with E-state index in [9.17, 15) is 0 Å². The summed E-state index contributed by atoms with van der Waals surface area (Å²) in [6.07, 6.45) is 0. The minimum absolute atomic E-state index is 0.0502. The average molecular weight is 342 g/mol. The van der Waals surface area contributed by atoms with Gasteiger partial charge in [0.25, 0.3) is 0 Å². The minimum atomic E-state index is 0.0502. The first kappa shape index (κ1) is 17.0. The van der Waals surface area contributed by atoms with Crippen LogP contribution in [-0.2, 0) is 0 Å². The van der Waals surface area contributed by atoms with Crippen LogP contribution in [0.5, 0.6) is 5.75 Å². The van der Waals surface area contributed by atoms with Crippen molar-refractivity contribution in [1.82, 2.24) is 4.90 Å². The maximum Gasteiger partial charge on any atom is 0.123 e. The number of nitrogens with two attached hydrogens (primary N) is 1. The zero-order valence-electron chi connectivity index (χ0n) is 12.6. The van der Waals surface area contributed by atoms with E-state index in [2.05, 4.69) is 48.5 Å². The number of nitrogens with zero attached hydrogens (tertiary/aromatic N) is 1. The lowest BCUT2D eigenvalue weighted by Gasteiger charge is -2.30. The van der Waals surface area contributed by atoms with E-state index in [0.717, 1.165) is 16.8 Å².